The highest BCUT2D eigenvalue weighted by atomic mass is 15.3. The SMILES string of the molecule is CN1CCC(c2ccc3ncc(CN)n3n2)CC1. The van der Waals surface area contributed by atoms with Crippen LogP contribution in [0.25, 0.3) is 5.65 Å². The zero-order valence-electron chi connectivity index (χ0n) is 10.7. The number of imidazole rings is 1. The average Bonchev–Trinajstić information content (AvgIpc) is 2.81. The maximum absolute atomic E-state index is 5.70. The molecule has 5 heteroatoms. The predicted octanol–water partition coefficient (Wildman–Crippen LogP) is 0.997. The molecular weight excluding hydrogens is 226 g/mol. The lowest BCUT2D eigenvalue weighted by Crippen LogP contribution is -2.29. The van der Waals surface area contributed by atoms with Gasteiger partial charge in [0.05, 0.1) is 17.6 Å². The highest BCUT2D eigenvalue weighted by Crippen LogP contribution is 2.26. The molecule has 0 aromatic carbocycles. The van der Waals surface area contributed by atoms with Crippen molar-refractivity contribution in [2.45, 2.75) is 25.3 Å². The number of aromatic nitrogens is 3. The molecule has 5 nitrogen and oxygen atoms in total. The summed E-state index contributed by atoms with van der Waals surface area (Å²) in [5.41, 5.74) is 8.72. The Morgan fingerprint density at radius 1 is 1.33 bits per heavy atom. The summed E-state index contributed by atoms with van der Waals surface area (Å²) in [6.45, 7) is 2.78. The fraction of sp³-hybridized carbons (Fsp3) is 0.538. The Hall–Kier alpha value is -1.46. The number of nitrogens with zero attached hydrogens (tertiary/aromatic N) is 4. The second-order valence-corrected chi connectivity index (χ2v) is 5.06. The first-order valence-electron chi connectivity index (χ1n) is 6.50. The van der Waals surface area contributed by atoms with Gasteiger partial charge >= 0.3 is 0 Å². The molecule has 0 amide bonds. The zero-order valence-corrected chi connectivity index (χ0v) is 10.7. The first kappa shape index (κ1) is 11.6. The van der Waals surface area contributed by atoms with Gasteiger partial charge in [-0.05, 0) is 45.1 Å². The second kappa shape index (κ2) is 4.66. The maximum Gasteiger partial charge on any atom is 0.153 e. The Bertz CT molecular complexity index is 539. The molecule has 0 spiro atoms. The van der Waals surface area contributed by atoms with Crippen LogP contribution in [0.1, 0.15) is 30.1 Å². The first-order chi connectivity index (χ1) is 8.78. The third-order valence-corrected chi connectivity index (χ3v) is 3.80. The van der Waals surface area contributed by atoms with Gasteiger partial charge in [-0.1, -0.05) is 0 Å². The maximum atomic E-state index is 5.70. The monoisotopic (exact) mass is 245 g/mol. The molecule has 1 aliphatic rings. The number of hydrogen-bond acceptors (Lipinski definition) is 4. The molecule has 0 saturated carbocycles. The Balaban J connectivity index is 1.92. The minimum absolute atomic E-state index is 0.477. The molecule has 0 bridgehead atoms. The van der Waals surface area contributed by atoms with Gasteiger partial charge in [0, 0.05) is 12.5 Å². The van der Waals surface area contributed by atoms with Crippen LogP contribution in [-0.2, 0) is 6.54 Å². The van der Waals surface area contributed by atoms with Crippen molar-refractivity contribution >= 4 is 5.65 Å². The molecule has 2 aromatic rings. The van der Waals surface area contributed by atoms with Crippen molar-refractivity contribution in [1.82, 2.24) is 19.5 Å². The predicted molar refractivity (Wildman–Crippen MR) is 70.4 cm³/mol. The number of rotatable bonds is 2. The van der Waals surface area contributed by atoms with Gasteiger partial charge in [0.1, 0.15) is 0 Å². The van der Waals surface area contributed by atoms with Crippen LogP contribution in [0.4, 0.5) is 0 Å². The molecule has 0 unspecified atom stereocenters. The summed E-state index contributed by atoms with van der Waals surface area (Å²) in [6.07, 6.45) is 4.17. The third-order valence-electron chi connectivity index (χ3n) is 3.80. The van der Waals surface area contributed by atoms with Crippen LogP contribution < -0.4 is 5.73 Å². The average molecular weight is 245 g/mol. The zero-order chi connectivity index (χ0) is 12.5. The largest absolute Gasteiger partial charge is 0.325 e. The first-order valence-corrected chi connectivity index (χ1v) is 6.50. The Morgan fingerprint density at radius 3 is 2.83 bits per heavy atom. The van der Waals surface area contributed by atoms with E-state index in [0.29, 0.717) is 12.5 Å². The summed E-state index contributed by atoms with van der Waals surface area (Å²) in [6, 6.07) is 4.15. The molecule has 0 atom stereocenters. The van der Waals surface area contributed by atoms with E-state index in [-0.39, 0.29) is 0 Å². The van der Waals surface area contributed by atoms with Crippen LogP contribution in [0.15, 0.2) is 18.3 Å². The summed E-state index contributed by atoms with van der Waals surface area (Å²) < 4.78 is 1.88. The second-order valence-electron chi connectivity index (χ2n) is 5.06. The summed E-state index contributed by atoms with van der Waals surface area (Å²) >= 11 is 0. The van der Waals surface area contributed by atoms with Crippen molar-refractivity contribution in [1.29, 1.82) is 0 Å². The van der Waals surface area contributed by atoms with E-state index in [1.54, 1.807) is 6.20 Å². The van der Waals surface area contributed by atoms with E-state index in [1.165, 1.54) is 18.5 Å². The van der Waals surface area contributed by atoms with Crippen LogP contribution in [0.5, 0.6) is 0 Å². The fourth-order valence-electron chi connectivity index (χ4n) is 2.60. The minimum Gasteiger partial charge on any atom is -0.325 e. The smallest absolute Gasteiger partial charge is 0.153 e. The Labute approximate surface area is 107 Å². The van der Waals surface area contributed by atoms with Gasteiger partial charge in [0.2, 0.25) is 0 Å². The van der Waals surface area contributed by atoms with Gasteiger partial charge < -0.3 is 10.6 Å². The van der Waals surface area contributed by atoms with Gasteiger partial charge in [0.15, 0.2) is 5.65 Å². The molecule has 1 saturated heterocycles. The molecule has 96 valence electrons. The molecule has 3 heterocycles. The van der Waals surface area contributed by atoms with E-state index >= 15 is 0 Å². The van der Waals surface area contributed by atoms with Gasteiger partial charge in [-0.15, -0.1) is 0 Å². The molecule has 0 radical (unpaired) electrons. The highest BCUT2D eigenvalue weighted by Gasteiger charge is 2.20. The van der Waals surface area contributed by atoms with Crippen molar-refractivity contribution in [3.8, 4) is 0 Å². The fourth-order valence-corrected chi connectivity index (χ4v) is 2.60. The quantitative estimate of drug-likeness (QED) is 0.857. The lowest BCUT2D eigenvalue weighted by Gasteiger charge is -2.28. The van der Waals surface area contributed by atoms with Crippen LogP contribution in [0.2, 0.25) is 0 Å². The van der Waals surface area contributed by atoms with Crippen molar-refractivity contribution in [3.63, 3.8) is 0 Å². The van der Waals surface area contributed by atoms with Crippen LogP contribution in [0, 0.1) is 0 Å². The minimum atomic E-state index is 0.477. The van der Waals surface area contributed by atoms with E-state index in [9.17, 15) is 0 Å². The molecular formula is C13H19N5. The van der Waals surface area contributed by atoms with E-state index < -0.39 is 0 Å². The normalized spacial score (nSPS) is 18.6. The summed E-state index contributed by atoms with van der Waals surface area (Å²) in [4.78, 5) is 6.67. The number of piperidine rings is 1. The molecule has 3 rings (SSSR count). The summed E-state index contributed by atoms with van der Waals surface area (Å²) in [5.74, 6) is 0.568. The Kier molecular flexibility index (Phi) is 3.01. The molecule has 2 N–H and O–H groups in total. The van der Waals surface area contributed by atoms with E-state index in [2.05, 4.69) is 23.0 Å². The topological polar surface area (TPSA) is 59.5 Å². The van der Waals surface area contributed by atoms with Crippen molar-refractivity contribution in [2.24, 2.45) is 5.73 Å². The van der Waals surface area contributed by atoms with Gasteiger partial charge in [-0.25, -0.2) is 9.50 Å². The van der Waals surface area contributed by atoms with Crippen molar-refractivity contribution in [3.05, 3.63) is 29.7 Å². The lowest BCUT2D eigenvalue weighted by atomic mass is 9.94. The van der Waals surface area contributed by atoms with Gasteiger partial charge in [0.25, 0.3) is 0 Å². The van der Waals surface area contributed by atoms with Crippen molar-refractivity contribution in [2.75, 3.05) is 20.1 Å². The van der Waals surface area contributed by atoms with E-state index in [0.717, 1.165) is 24.4 Å². The van der Waals surface area contributed by atoms with E-state index in [4.69, 9.17) is 10.8 Å². The standard InChI is InChI=1S/C13H19N5/c1-17-6-4-10(5-7-17)12-2-3-13-15-9-11(8-14)18(13)16-12/h2-3,9-10H,4-8,14H2,1H3. The van der Waals surface area contributed by atoms with Crippen LogP contribution in [0.3, 0.4) is 0 Å². The number of nitrogens with two attached hydrogens (primary N) is 1. The number of likely N-dealkylation sites (tertiary alicyclic amines) is 1. The van der Waals surface area contributed by atoms with Gasteiger partial charge in [-0.3, -0.25) is 0 Å². The van der Waals surface area contributed by atoms with Crippen molar-refractivity contribution < 1.29 is 0 Å². The van der Waals surface area contributed by atoms with Crippen LogP contribution in [-0.4, -0.2) is 39.6 Å². The number of hydrogen-bond donors (Lipinski definition) is 1. The van der Waals surface area contributed by atoms with Gasteiger partial charge in [-0.2, -0.15) is 5.10 Å². The summed E-state index contributed by atoms with van der Waals surface area (Å²) in [7, 11) is 2.18. The summed E-state index contributed by atoms with van der Waals surface area (Å²) in [5, 5.41) is 4.71. The number of fused-ring (bicyclic) bond motifs is 1. The third kappa shape index (κ3) is 2.00. The lowest BCUT2D eigenvalue weighted by molar-refractivity contribution is 0.252. The molecule has 2 aromatic heterocycles. The molecule has 1 fully saturated rings. The molecule has 18 heavy (non-hydrogen) atoms. The molecule has 0 aliphatic carbocycles. The van der Waals surface area contributed by atoms with Crippen LogP contribution >= 0.6 is 0 Å². The molecule has 1 aliphatic heterocycles. The Morgan fingerprint density at radius 2 is 2.11 bits per heavy atom. The van der Waals surface area contributed by atoms with E-state index in [1.807, 2.05) is 10.6 Å². The highest BCUT2D eigenvalue weighted by molar-refractivity contribution is 5.39.